The van der Waals surface area contributed by atoms with Crippen LogP contribution in [0.25, 0.3) is 10.9 Å². The number of methoxy groups -OCH3 is 1. The molecule has 4 atom stereocenters. The minimum atomic E-state index is -0.820. The van der Waals surface area contributed by atoms with E-state index in [0.29, 0.717) is 56.6 Å². The van der Waals surface area contributed by atoms with Crippen LogP contribution in [0.1, 0.15) is 56.4 Å². The van der Waals surface area contributed by atoms with Crippen LogP contribution in [-0.2, 0) is 9.59 Å². The number of carbonyl (C=O) groups excluding carboxylic acids is 3. The molecule has 1 fully saturated rings. The van der Waals surface area contributed by atoms with Crippen LogP contribution in [0, 0.1) is 29.1 Å². The number of aromatic nitrogens is 1. The molecular formula is C33H42N6O4. The van der Waals surface area contributed by atoms with E-state index >= 15 is 0 Å². The zero-order chi connectivity index (χ0) is 30.8. The number of fused-ring (bicyclic) bond motifs is 1. The molecule has 43 heavy (non-hydrogen) atoms. The molecule has 228 valence electrons. The number of benzene rings is 2. The maximum atomic E-state index is 13.7. The van der Waals surface area contributed by atoms with Crippen molar-refractivity contribution >= 4 is 34.3 Å². The van der Waals surface area contributed by atoms with Gasteiger partial charge in [0, 0.05) is 41.6 Å². The SMILES string of the molecule is COc1cccc2[nH]c(C(=O)N[C@@H](CC(C)C)C(=O)N[C@@H](C[C@@H]3CCNC3=O)C(C#N)CCCNc3ccccc3)cc12. The summed E-state index contributed by atoms with van der Waals surface area (Å²) in [4.78, 5) is 42.6. The predicted molar refractivity (Wildman–Crippen MR) is 166 cm³/mol. The lowest BCUT2D eigenvalue weighted by atomic mass is 9.87. The Hall–Kier alpha value is -4.52. The number of hydrogen-bond acceptors (Lipinski definition) is 6. The summed E-state index contributed by atoms with van der Waals surface area (Å²) >= 11 is 0. The first-order chi connectivity index (χ1) is 20.8. The van der Waals surface area contributed by atoms with Crippen molar-refractivity contribution in [1.82, 2.24) is 20.9 Å². The Morgan fingerprint density at radius 3 is 2.58 bits per heavy atom. The number of carbonyl (C=O) groups is 3. The molecule has 4 rings (SSSR count). The monoisotopic (exact) mass is 586 g/mol. The highest BCUT2D eigenvalue weighted by Crippen LogP contribution is 2.26. The van der Waals surface area contributed by atoms with Gasteiger partial charge in [-0.05, 0) is 68.4 Å². The van der Waals surface area contributed by atoms with Crippen molar-refractivity contribution in [2.24, 2.45) is 17.8 Å². The van der Waals surface area contributed by atoms with Gasteiger partial charge in [-0.2, -0.15) is 5.26 Å². The lowest BCUT2D eigenvalue weighted by Gasteiger charge is -2.28. The molecule has 1 saturated heterocycles. The normalized spacial score (nSPS) is 16.6. The Morgan fingerprint density at radius 1 is 1.12 bits per heavy atom. The second kappa shape index (κ2) is 15.1. The van der Waals surface area contributed by atoms with E-state index in [9.17, 15) is 19.6 Å². The van der Waals surface area contributed by atoms with Gasteiger partial charge >= 0.3 is 0 Å². The fraction of sp³-hybridized carbons (Fsp3) is 0.455. The zero-order valence-corrected chi connectivity index (χ0v) is 25.1. The summed E-state index contributed by atoms with van der Waals surface area (Å²) in [5, 5.41) is 23.1. The van der Waals surface area contributed by atoms with Crippen LogP contribution in [0.5, 0.6) is 5.75 Å². The molecule has 0 saturated carbocycles. The largest absolute Gasteiger partial charge is 0.496 e. The maximum Gasteiger partial charge on any atom is 0.268 e. The summed E-state index contributed by atoms with van der Waals surface area (Å²) in [7, 11) is 1.57. The van der Waals surface area contributed by atoms with E-state index in [0.717, 1.165) is 16.6 Å². The molecule has 0 bridgehead atoms. The fourth-order valence-electron chi connectivity index (χ4n) is 5.62. The minimum absolute atomic E-state index is 0.0528. The Kier molecular flexibility index (Phi) is 11.0. The number of para-hydroxylation sites is 1. The van der Waals surface area contributed by atoms with Crippen molar-refractivity contribution in [3.63, 3.8) is 0 Å². The molecule has 1 aromatic heterocycles. The molecule has 2 heterocycles. The zero-order valence-electron chi connectivity index (χ0n) is 25.1. The van der Waals surface area contributed by atoms with Crippen LogP contribution >= 0.6 is 0 Å². The summed E-state index contributed by atoms with van der Waals surface area (Å²) in [6.45, 7) is 5.23. The molecule has 2 aromatic carbocycles. The van der Waals surface area contributed by atoms with E-state index in [1.54, 1.807) is 13.2 Å². The molecule has 10 nitrogen and oxygen atoms in total. The van der Waals surface area contributed by atoms with Crippen molar-refractivity contribution in [2.45, 2.75) is 58.0 Å². The van der Waals surface area contributed by atoms with Crippen LogP contribution in [0.15, 0.2) is 54.6 Å². The number of amides is 3. The lowest BCUT2D eigenvalue weighted by molar-refractivity contribution is -0.126. The second-order valence-corrected chi connectivity index (χ2v) is 11.6. The molecule has 10 heteroatoms. The highest BCUT2D eigenvalue weighted by Gasteiger charge is 2.34. The van der Waals surface area contributed by atoms with Gasteiger partial charge in [0.1, 0.15) is 17.5 Å². The molecule has 0 spiro atoms. The number of nitrogens with zero attached hydrogens (tertiary/aromatic N) is 1. The number of ether oxygens (including phenoxy) is 1. The van der Waals surface area contributed by atoms with E-state index in [-0.39, 0.29) is 23.7 Å². The topological polar surface area (TPSA) is 148 Å². The first-order valence-electron chi connectivity index (χ1n) is 15.0. The Balaban J connectivity index is 1.46. The average Bonchev–Trinajstić information content (AvgIpc) is 3.62. The Morgan fingerprint density at radius 2 is 1.91 bits per heavy atom. The third-order valence-corrected chi connectivity index (χ3v) is 7.89. The average molecular weight is 587 g/mol. The summed E-state index contributed by atoms with van der Waals surface area (Å²) in [6.07, 6.45) is 2.71. The van der Waals surface area contributed by atoms with Crippen LogP contribution in [-0.4, -0.2) is 55.0 Å². The van der Waals surface area contributed by atoms with Crippen molar-refractivity contribution in [3.05, 3.63) is 60.3 Å². The number of nitrogens with one attached hydrogen (secondary N) is 5. The number of anilines is 1. The first kappa shape index (κ1) is 31.4. The number of rotatable bonds is 15. The standard InChI is InChI=1S/C33H42N6O4/c1-21(2)17-28(39-33(42)29-19-25-26(37-29)12-7-13-30(25)43-3)32(41)38-27(18-22-14-16-36-31(22)40)23(20-34)9-8-15-35-24-10-5-4-6-11-24/h4-7,10-13,19,21-23,27-28,35,37H,8-9,14-18H2,1-3H3,(H,36,40)(H,38,41)(H,39,42)/t22-,23?,27-,28-/m0/s1. The van der Waals surface area contributed by atoms with Crippen molar-refractivity contribution < 1.29 is 19.1 Å². The van der Waals surface area contributed by atoms with Gasteiger partial charge in [-0.3, -0.25) is 14.4 Å². The van der Waals surface area contributed by atoms with Crippen molar-refractivity contribution in [1.29, 1.82) is 5.26 Å². The van der Waals surface area contributed by atoms with E-state index in [1.165, 1.54) is 0 Å². The van der Waals surface area contributed by atoms with Gasteiger partial charge in [0.05, 0.1) is 19.1 Å². The highest BCUT2D eigenvalue weighted by molar-refractivity contribution is 6.01. The van der Waals surface area contributed by atoms with Gasteiger partial charge in [0.25, 0.3) is 5.91 Å². The number of hydrogen-bond donors (Lipinski definition) is 5. The molecule has 1 aliphatic rings. The fourth-order valence-corrected chi connectivity index (χ4v) is 5.62. The maximum absolute atomic E-state index is 13.7. The number of H-pyrrole nitrogens is 1. The Labute approximate surface area is 252 Å². The molecule has 0 aliphatic carbocycles. The summed E-state index contributed by atoms with van der Waals surface area (Å²) in [6, 6.07) is 18.1. The third-order valence-electron chi connectivity index (χ3n) is 7.89. The number of nitriles is 1. The first-order valence-corrected chi connectivity index (χ1v) is 15.0. The molecule has 0 radical (unpaired) electrons. The van der Waals surface area contributed by atoms with Crippen LogP contribution < -0.4 is 26.0 Å². The lowest BCUT2D eigenvalue weighted by Crippen LogP contribution is -2.52. The third kappa shape index (κ3) is 8.51. The van der Waals surface area contributed by atoms with Gasteiger partial charge in [-0.25, -0.2) is 0 Å². The molecule has 1 unspecified atom stereocenters. The second-order valence-electron chi connectivity index (χ2n) is 11.6. The molecular weight excluding hydrogens is 544 g/mol. The van der Waals surface area contributed by atoms with Crippen molar-refractivity contribution in [2.75, 3.05) is 25.5 Å². The van der Waals surface area contributed by atoms with Crippen molar-refractivity contribution in [3.8, 4) is 11.8 Å². The van der Waals surface area contributed by atoms with Crippen LogP contribution in [0.3, 0.4) is 0 Å². The van der Waals surface area contributed by atoms with E-state index in [4.69, 9.17) is 4.74 Å². The molecule has 3 aromatic rings. The van der Waals surface area contributed by atoms with Crippen LogP contribution in [0.2, 0.25) is 0 Å². The van der Waals surface area contributed by atoms with E-state index in [2.05, 4.69) is 32.3 Å². The minimum Gasteiger partial charge on any atom is -0.496 e. The highest BCUT2D eigenvalue weighted by atomic mass is 16.5. The van der Waals surface area contributed by atoms with Gasteiger partial charge in [-0.15, -0.1) is 0 Å². The molecule has 3 amide bonds. The van der Waals surface area contributed by atoms with E-state index in [1.807, 2.05) is 62.4 Å². The molecule has 5 N–H and O–H groups in total. The smallest absolute Gasteiger partial charge is 0.268 e. The van der Waals surface area contributed by atoms with E-state index < -0.39 is 23.9 Å². The van der Waals surface area contributed by atoms with Crippen LogP contribution in [0.4, 0.5) is 5.69 Å². The predicted octanol–water partition coefficient (Wildman–Crippen LogP) is 4.36. The summed E-state index contributed by atoms with van der Waals surface area (Å²) < 4.78 is 5.41. The van der Waals surface area contributed by atoms with Gasteiger partial charge in [0.2, 0.25) is 11.8 Å². The number of aromatic amines is 1. The quantitative estimate of drug-likeness (QED) is 0.167. The van der Waals surface area contributed by atoms with Gasteiger partial charge in [-0.1, -0.05) is 38.1 Å². The van der Waals surface area contributed by atoms with Gasteiger partial charge in [0.15, 0.2) is 0 Å². The van der Waals surface area contributed by atoms with Gasteiger partial charge < -0.3 is 31.0 Å². The molecule has 1 aliphatic heterocycles. The summed E-state index contributed by atoms with van der Waals surface area (Å²) in [5.74, 6) is -0.827. The summed E-state index contributed by atoms with van der Waals surface area (Å²) in [5.41, 5.74) is 2.08. The Bertz CT molecular complexity index is 1430.